The zero-order valence-corrected chi connectivity index (χ0v) is 17.2. The van der Waals surface area contributed by atoms with Crippen molar-refractivity contribution in [1.82, 2.24) is 5.32 Å². The number of nitrogens with one attached hydrogen (secondary N) is 1. The molecule has 2 rings (SSSR count). The Balaban J connectivity index is 2.66. The van der Waals surface area contributed by atoms with Crippen LogP contribution in [-0.2, 0) is 28.6 Å². The van der Waals surface area contributed by atoms with Gasteiger partial charge in [0.25, 0.3) is 0 Å². The zero-order chi connectivity index (χ0) is 21.6. The number of primary amides is 1. The van der Waals surface area contributed by atoms with Gasteiger partial charge in [-0.1, -0.05) is 29.8 Å². The SMILES string of the molecule is CCOC(=O)C1=C(COCC(N)=O)NC(C)=C(C(=O)OC)C1c1ccccc1Cl. The Labute approximate surface area is 173 Å². The van der Waals surface area contributed by atoms with Gasteiger partial charge in [-0.15, -0.1) is 0 Å². The number of amides is 1. The van der Waals surface area contributed by atoms with E-state index in [4.69, 9.17) is 31.5 Å². The first-order valence-electron chi connectivity index (χ1n) is 8.88. The Morgan fingerprint density at radius 1 is 1.17 bits per heavy atom. The molecule has 1 aliphatic heterocycles. The molecule has 0 bridgehead atoms. The Morgan fingerprint density at radius 3 is 2.45 bits per heavy atom. The zero-order valence-electron chi connectivity index (χ0n) is 16.4. The van der Waals surface area contributed by atoms with E-state index < -0.39 is 23.8 Å². The number of esters is 2. The maximum Gasteiger partial charge on any atom is 0.336 e. The average Bonchev–Trinajstić information content (AvgIpc) is 2.67. The van der Waals surface area contributed by atoms with E-state index in [1.54, 1.807) is 38.1 Å². The fourth-order valence-corrected chi connectivity index (χ4v) is 3.36. The minimum atomic E-state index is -0.844. The third kappa shape index (κ3) is 5.16. The van der Waals surface area contributed by atoms with Gasteiger partial charge in [0.2, 0.25) is 5.91 Å². The van der Waals surface area contributed by atoms with Gasteiger partial charge >= 0.3 is 11.9 Å². The smallest absolute Gasteiger partial charge is 0.336 e. The molecule has 0 fully saturated rings. The minimum Gasteiger partial charge on any atom is -0.466 e. The van der Waals surface area contributed by atoms with Gasteiger partial charge in [0.05, 0.1) is 43.1 Å². The predicted molar refractivity (Wildman–Crippen MR) is 106 cm³/mol. The van der Waals surface area contributed by atoms with Crippen molar-refractivity contribution in [1.29, 1.82) is 0 Å². The highest BCUT2D eigenvalue weighted by atomic mass is 35.5. The lowest BCUT2D eigenvalue weighted by Gasteiger charge is -2.31. The number of nitrogens with two attached hydrogens (primary N) is 1. The molecule has 1 atom stereocenters. The van der Waals surface area contributed by atoms with Crippen molar-refractivity contribution in [2.75, 3.05) is 26.9 Å². The summed E-state index contributed by atoms with van der Waals surface area (Å²) in [6, 6.07) is 6.87. The Bertz CT molecular complexity index is 877. The van der Waals surface area contributed by atoms with Crippen LogP contribution in [0.2, 0.25) is 5.02 Å². The van der Waals surface area contributed by atoms with Crippen molar-refractivity contribution in [2.24, 2.45) is 5.73 Å². The molecule has 8 nitrogen and oxygen atoms in total. The molecule has 156 valence electrons. The lowest BCUT2D eigenvalue weighted by atomic mass is 9.80. The van der Waals surface area contributed by atoms with Crippen molar-refractivity contribution in [2.45, 2.75) is 19.8 Å². The largest absolute Gasteiger partial charge is 0.466 e. The number of halogens is 1. The van der Waals surface area contributed by atoms with Gasteiger partial charge in [0.1, 0.15) is 6.61 Å². The number of carbonyl (C=O) groups is 3. The molecule has 9 heteroatoms. The molecule has 0 radical (unpaired) electrons. The van der Waals surface area contributed by atoms with E-state index in [0.29, 0.717) is 22.0 Å². The van der Waals surface area contributed by atoms with Crippen LogP contribution in [0.25, 0.3) is 0 Å². The maximum atomic E-state index is 12.9. The normalized spacial score (nSPS) is 16.3. The lowest BCUT2D eigenvalue weighted by Crippen LogP contribution is -2.35. The third-order valence-corrected chi connectivity index (χ3v) is 4.60. The summed E-state index contributed by atoms with van der Waals surface area (Å²) in [4.78, 5) is 36.5. The van der Waals surface area contributed by atoms with Crippen LogP contribution in [0.3, 0.4) is 0 Å². The van der Waals surface area contributed by atoms with Gasteiger partial charge in [0.15, 0.2) is 0 Å². The van der Waals surface area contributed by atoms with Crippen molar-refractivity contribution in [3.63, 3.8) is 0 Å². The summed E-state index contributed by atoms with van der Waals surface area (Å²) < 4.78 is 15.5. The molecule has 0 aromatic heterocycles. The summed E-state index contributed by atoms with van der Waals surface area (Å²) in [6.07, 6.45) is 0. The highest BCUT2D eigenvalue weighted by Gasteiger charge is 2.39. The van der Waals surface area contributed by atoms with E-state index >= 15 is 0 Å². The molecule has 1 amide bonds. The van der Waals surface area contributed by atoms with Crippen LogP contribution >= 0.6 is 11.6 Å². The number of benzene rings is 1. The third-order valence-electron chi connectivity index (χ3n) is 4.25. The van der Waals surface area contributed by atoms with E-state index in [9.17, 15) is 14.4 Å². The van der Waals surface area contributed by atoms with Crippen molar-refractivity contribution in [3.8, 4) is 0 Å². The number of allylic oxidation sites excluding steroid dienone is 1. The van der Waals surface area contributed by atoms with Crippen LogP contribution in [0.4, 0.5) is 0 Å². The highest BCUT2D eigenvalue weighted by Crippen LogP contribution is 2.41. The number of carbonyl (C=O) groups excluding carboxylic acids is 3. The predicted octanol–water partition coefficient (Wildman–Crippen LogP) is 1.79. The molecule has 0 saturated heterocycles. The van der Waals surface area contributed by atoms with Crippen LogP contribution in [0.1, 0.15) is 25.3 Å². The molecule has 0 saturated carbocycles. The number of ether oxygens (including phenoxy) is 3. The summed E-state index contributed by atoms with van der Waals surface area (Å²) in [7, 11) is 1.26. The molecule has 1 aliphatic rings. The molecule has 1 aromatic rings. The monoisotopic (exact) mass is 422 g/mol. The second-order valence-electron chi connectivity index (χ2n) is 6.18. The summed E-state index contributed by atoms with van der Waals surface area (Å²) >= 11 is 6.40. The Morgan fingerprint density at radius 2 is 1.86 bits per heavy atom. The van der Waals surface area contributed by atoms with E-state index in [0.717, 1.165) is 0 Å². The molecule has 1 heterocycles. The second kappa shape index (κ2) is 10.1. The topological polar surface area (TPSA) is 117 Å². The van der Waals surface area contributed by atoms with Crippen LogP contribution < -0.4 is 11.1 Å². The second-order valence-corrected chi connectivity index (χ2v) is 6.59. The average molecular weight is 423 g/mol. The van der Waals surface area contributed by atoms with Crippen molar-refractivity contribution >= 4 is 29.4 Å². The van der Waals surface area contributed by atoms with Gasteiger partial charge in [-0.3, -0.25) is 4.79 Å². The van der Waals surface area contributed by atoms with Gasteiger partial charge in [-0.05, 0) is 25.5 Å². The summed E-state index contributed by atoms with van der Waals surface area (Å²) in [5, 5.41) is 3.37. The van der Waals surface area contributed by atoms with Gasteiger partial charge < -0.3 is 25.3 Å². The number of hydrogen-bond donors (Lipinski definition) is 2. The fraction of sp³-hybridized carbons (Fsp3) is 0.350. The lowest BCUT2D eigenvalue weighted by molar-refractivity contribution is -0.139. The molecule has 1 aromatic carbocycles. The first-order chi connectivity index (χ1) is 13.8. The summed E-state index contributed by atoms with van der Waals surface area (Å²) in [5.41, 5.74) is 6.83. The van der Waals surface area contributed by atoms with Crippen molar-refractivity contribution < 1.29 is 28.6 Å². The quantitative estimate of drug-likeness (QED) is 0.613. The molecule has 3 N–H and O–H groups in total. The Kier molecular flexibility index (Phi) is 7.81. The van der Waals surface area contributed by atoms with Gasteiger partial charge in [-0.2, -0.15) is 0 Å². The molecule has 0 aliphatic carbocycles. The highest BCUT2D eigenvalue weighted by molar-refractivity contribution is 6.31. The first-order valence-corrected chi connectivity index (χ1v) is 9.26. The summed E-state index contributed by atoms with van der Waals surface area (Å²) in [5.74, 6) is -2.75. The van der Waals surface area contributed by atoms with E-state index in [-0.39, 0.29) is 31.0 Å². The van der Waals surface area contributed by atoms with Crippen LogP contribution in [0.5, 0.6) is 0 Å². The molecule has 29 heavy (non-hydrogen) atoms. The standard InChI is InChI=1S/C20H23ClN2O6/c1-4-29-20(26)18-14(9-28-10-15(22)24)23-11(2)16(19(25)27-3)17(18)12-7-5-6-8-13(12)21/h5-8,17,23H,4,9-10H2,1-3H3,(H2,22,24). The molecule has 1 unspecified atom stereocenters. The Hall–Kier alpha value is -2.84. The number of hydrogen-bond acceptors (Lipinski definition) is 7. The fourth-order valence-electron chi connectivity index (χ4n) is 3.11. The minimum absolute atomic E-state index is 0.121. The van der Waals surface area contributed by atoms with Crippen LogP contribution in [0, 0.1) is 0 Å². The van der Waals surface area contributed by atoms with Crippen LogP contribution in [0.15, 0.2) is 46.8 Å². The maximum absolute atomic E-state index is 12.9. The molecule has 0 spiro atoms. The van der Waals surface area contributed by atoms with Crippen molar-refractivity contribution in [3.05, 3.63) is 57.4 Å². The number of rotatable bonds is 8. The van der Waals surface area contributed by atoms with E-state index in [1.165, 1.54) is 7.11 Å². The molecular formula is C20H23ClN2O6. The van der Waals surface area contributed by atoms with Gasteiger partial charge in [0, 0.05) is 10.7 Å². The van der Waals surface area contributed by atoms with Crippen LogP contribution in [-0.4, -0.2) is 44.8 Å². The van der Waals surface area contributed by atoms with E-state index in [2.05, 4.69) is 5.32 Å². The van der Waals surface area contributed by atoms with E-state index in [1.807, 2.05) is 0 Å². The number of dihydropyridines is 1. The van der Waals surface area contributed by atoms with Gasteiger partial charge in [-0.25, -0.2) is 9.59 Å². The number of methoxy groups -OCH3 is 1. The molecular weight excluding hydrogens is 400 g/mol. The first kappa shape index (κ1) is 22.4. The summed E-state index contributed by atoms with van der Waals surface area (Å²) in [6.45, 7) is 3.02.